The van der Waals surface area contributed by atoms with Gasteiger partial charge in [-0.15, -0.1) is 0 Å². The molecule has 1 heterocycles. The summed E-state index contributed by atoms with van der Waals surface area (Å²) in [6.45, 7) is 3.06. The van der Waals surface area contributed by atoms with Crippen molar-refractivity contribution >= 4 is 5.91 Å². The highest BCUT2D eigenvalue weighted by atomic mass is 16.3. The van der Waals surface area contributed by atoms with Gasteiger partial charge < -0.3 is 15.3 Å². The number of nitrogens with zero attached hydrogens (tertiary/aromatic N) is 1. The van der Waals surface area contributed by atoms with Crippen LogP contribution in [-0.2, 0) is 4.79 Å². The van der Waals surface area contributed by atoms with Gasteiger partial charge in [-0.1, -0.05) is 12.8 Å². The lowest BCUT2D eigenvalue weighted by Crippen LogP contribution is -2.43. The molecule has 2 unspecified atom stereocenters. The Morgan fingerprint density at radius 1 is 1.11 bits per heavy atom. The van der Waals surface area contributed by atoms with E-state index in [1.54, 1.807) is 0 Å². The molecule has 4 heteroatoms. The van der Waals surface area contributed by atoms with Gasteiger partial charge in [0.1, 0.15) is 0 Å². The second-order valence-corrected chi connectivity index (χ2v) is 5.68. The normalized spacial score (nSPS) is 29.3. The van der Waals surface area contributed by atoms with Gasteiger partial charge in [0.05, 0.1) is 12.6 Å². The molecule has 1 saturated heterocycles. The van der Waals surface area contributed by atoms with Gasteiger partial charge in [0.25, 0.3) is 0 Å². The van der Waals surface area contributed by atoms with E-state index in [1.165, 1.54) is 12.8 Å². The molecule has 2 rings (SSSR count). The van der Waals surface area contributed by atoms with Crippen LogP contribution in [0.2, 0.25) is 0 Å². The summed E-state index contributed by atoms with van der Waals surface area (Å²) in [5.74, 6) is 0.563. The molecule has 0 spiro atoms. The average molecular weight is 254 g/mol. The summed E-state index contributed by atoms with van der Waals surface area (Å²) in [4.78, 5) is 13.9. The van der Waals surface area contributed by atoms with Crippen molar-refractivity contribution in [3.8, 4) is 0 Å². The van der Waals surface area contributed by atoms with Gasteiger partial charge in [0.15, 0.2) is 0 Å². The van der Waals surface area contributed by atoms with Crippen LogP contribution < -0.4 is 5.32 Å². The van der Waals surface area contributed by atoms with E-state index in [0.717, 1.165) is 51.7 Å². The number of likely N-dealkylation sites (tertiary alicyclic amines) is 1. The van der Waals surface area contributed by atoms with Crippen molar-refractivity contribution in [1.29, 1.82) is 0 Å². The first kappa shape index (κ1) is 13.8. The summed E-state index contributed by atoms with van der Waals surface area (Å²) in [5, 5.41) is 13.1. The first-order chi connectivity index (χ1) is 8.77. The summed E-state index contributed by atoms with van der Waals surface area (Å²) >= 11 is 0. The predicted octanol–water partition coefficient (Wildman–Crippen LogP) is 1.14. The van der Waals surface area contributed by atoms with Crippen LogP contribution in [0.3, 0.4) is 0 Å². The fourth-order valence-corrected chi connectivity index (χ4v) is 3.05. The van der Waals surface area contributed by atoms with Gasteiger partial charge in [-0.3, -0.25) is 4.79 Å². The quantitative estimate of drug-likeness (QED) is 0.791. The molecule has 18 heavy (non-hydrogen) atoms. The molecular formula is C14H26N2O2. The molecule has 1 aliphatic carbocycles. The Morgan fingerprint density at radius 2 is 1.83 bits per heavy atom. The van der Waals surface area contributed by atoms with Crippen molar-refractivity contribution in [2.24, 2.45) is 5.92 Å². The molecular weight excluding hydrogens is 228 g/mol. The van der Waals surface area contributed by atoms with Gasteiger partial charge >= 0.3 is 0 Å². The maximum atomic E-state index is 11.9. The van der Waals surface area contributed by atoms with Gasteiger partial charge in [-0.05, 0) is 38.0 Å². The van der Waals surface area contributed by atoms with E-state index < -0.39 is 0 Å². The molecule has 0 aromatic carbocycles. The van der Waals surface area contributed by atoms with Crippen LogP contribution in [0.4, 0.5) is 0 Å². The third kappa shape index (κ3) is 3.95. The largest absolute Gasteiger partial charge is 0.393 e. The number of amides is 1. The minimum Gasteiger partial charge on any atom is -0.393 e. The number of nitrogens with one attached hydrogen (secondary N) is 1. The smallest absolute Gasteiger partial charge is 0.236 e. The zero-order valence-corrected chi connectivity index (χ0v) is 11.2. The van der Waals surface area contributed by atoms with Crippen molar-refractivity contribution in [3.05, 3.63) is 0 Å². The summed E-state index contributed by atoms with van der Waals surface area (Å²) < 4.78 is 0. The SMILES string of the molecule is O=C(CNCC1CCCCC1O)N1CCCCC1. The molecule has 0 bridgehead atoms. The lowest BCUT2D eigenvalue weighted by molar-refractivity contribution is -0.131. The van der Waals surface area contributed by atoms with E-state index in [1.807, 2.05) is 4.90 Å². The lowest BCUT2D eigenvalue weighted by Gasteiger charge is -2.29. The summed E-state index contributed by atoms with van der Waals surface area (Å²) in [7, 11) is 0. The molecule has 0 aromatic rings. The minimum atomic E-state index is -0.170. The van der Waals surface area contributed by atoms with Crippen molar-refractivity contribution in [2.45, 2.75) is 51.0 Å². The van der Waals surface area contributed by atoms with Crippen molar-refractivity contribution in [1.82, 2.24) is 10.2 Å². The van der Waals surface area contributed by atoms with E-state index >= 15 is 0 Å². The highest BCUT2D eigenvalue weighted by Crippen LogP contribution is 2.23. The van der Waals surface area contributed by atoms with Crippen LogP contribution in [0.25, 0.3) is 0 Å². The van der Waals surface area contributed by atoms with Gasteiger partial charge in [0, 0.05) is 19.6 Å². The van der Waals surface area contributed by atoms with Crippen LogP contribution in [0.15, 0.2) is 0 Å². The second kappa shape index (κ2) is 7.10. The van der Waals surface area contributed by atoms with Crippen LogP contribution in [-0.4, -0.2) is 48.2 Å². The van der Waals surface area contributed by atoms with Crippen LogP contribution in [0, 0.1) is 5.92 Å². The Hall–Kier alpha value is -0.610. The topological polar surface area (TPSA) is 52.6 Å². The Labute approximate surface area is 110 Å². The first-order valence-electron chi connectivity index (χ1n) is 7.44. The van der Waals surface area contributed by atoms with E-state index in [4.69, 9.17) is 0 Å². The van der Waals surface area contributed by atoms with Gasteiger partial charge in [0.2, 0.25) is 5.91 Å². The Balaban J connectivity index is 1.63. The zero-order valence-electron chi connectivity index (χ0n) is 11.2. The third-order valence-electron chi connectivity index (χ3n) is 4.26. The van der Waals surface area contributed by atoms with E-state index in [-0.39, 0.29) is 12.0 Å². The second-order valence-electron chi connectivity index (χ2n) is 5.68. The van der Waals surface area contributed by atoms with Crippen molar-refractivity contribution in [2.75, 3.05) is 26.2 Å². The van der Waals surface area contributed by atoms with Crippen molar-refractivity contribution in [3.63, 3.8) is 0 Å². The predicted molar refractivity (Wildman–Crippen MR) is 71.3 cm³/mol. The molecule has 1 saturated carbocycles. The van der Waals surface area contributed by atoms with Gasteiger partial charge in [-0.2, -0.15) is 0 Å². The standard InChI is InChI=1S/C14H26N2O2/c17-13-7-3-2-6-12(13)10-15-11-14(18)16-8-4-1-5-9-16/h12-13,15,17H,1-11H2. The first-order valence-corrected chi connectivity index (χ1v) is 7.44. The number of carbonyl (C=O) groups is 1. The Kier molecular flexibility index (Phi) is 5.45. The van der Waals surface area contributed by atoms with Gasteiger partial charge in [-0.25, -0.2) is 0 Å². The molecule has 1 amide bonds. The number of rotatable bonds is 4. The highest BCUT2D eigenvalue weighted by molar-refractivity contribution is 5.78. The number of aliphatic hydroxyl groups is 1. The molecule has 104 valence electrons. The minimum absolute atomic E-state index is 0.170. The van der Waals surface area contributed by atoms with Crippen molar-refractivity contribution < 1.29 is 9.90 Å². The lowest BCUT2D eigenvalue weighted by atomic mass is 9.86. The van der Waals surface area contributed by atoms with Crippen LogP contribution in [0.1, 0.15) is 44.9 Å². The molecule has 2 fully saturated rings. The van der Waals surface area contributed by atoms with Crippen LogP contribution in [0.5, 0.6) is 0 Å². The Bertz CT molecular complexity index is 265. The molecule has 0 radical (unpaired) electrons. The summed E-state index contributed by atoms with van der Waals surface area (Å²) in [6.07, 6.45) is 7.74. The number of piperidine rings is 1. The molecule has 4 nitrogen and oxygen atoms in total. The maximum Gasteiger partial charge on any atom is 0.236 e. The number of aliphatic hydroxyl groups excluding tert-OH is 1. The highest BCUT2D eigenvalue weighted by Gasteiger charge is 2.23. The van der Waals surface area contributed by atoms with Crippen LogP contribution >= 0.6 is 0 Å². The van der Waals surface area contributed by atoms with E-state index in [2.05, 4.69) is 5.32 Å². The number of carbonyl (C=O) groups excluding carboxylic acids is 1. The summed E-state index contributed by atoms with van der Waals surface area (Å²) in [5.41, 5.74) is 0. The fourth-order valence-electron chi connectivity index (χ4n) is 3.05. The average Bonchev–Trinajstić information content (AvgIpc) is 2.42. The Morgan fingerprint density at radius 3 is 2.56 bits per heavy atom. The molecule has 2 aliphatic rings. The summed E-state index contributed by atoms with van der Waals surface area (Å²) in [6, 6.07) is 0. The zero-order chi connectivity index (χ0) is 12.8. The number of hydrogen-bond acceptors (Lipinski definition) is 3. The third-order valence-corrected chi connectivity index (χ3v) is 4.26. The monoisotopic (exact) mass is 254 g/mol. The molecule has 2 atom stereocenters. The van der Waals surface area contributed by atoms with E-state index in [0.29, 0.717) is 12.5 Å². The molecule has 0 aromatic heterocycles. The maximum absolute atomic E-state index is 11.9. The molecule has 1 aliphatic heterocycles. The number of hydrogen-bond donors (Lipinski definition) is 2. The van der Waals surface area contributed by atoms with E-state index in [9.17, 15) is 9.90 Å². The fraction of sp³-hybridized carbons (Fsp3) is 0.929. The molecule has 2 N–H and O–H groups in total.